The molecule has 0 aliphatic carbocycles. The molecular formula is C10H16O7. The van der Waals surface area contributed by atoms with Gasteiger partial charge in [0.15, 0.2) is 0 Å². The van der Waals surface area contributed by atoms with Gasteiger partial charge >= 0.3 is 5.97 Å². The summed E-state index contributed by atoms with van der Waals surface area (Å²) >= 11 is 0. The minimum Gasteiger partial charge on any atom is -0.499 e. The molecule has 0 aromatic rings. The maximum Gasteiger partial charge on any atom is 0.378 e. The highest BCUT2D eigenvalue weighted by molar-refractivity contribution is 5.90. The number of ether oxygens (including phenoxy) is 1. The Bertz CT molecular complexity index is 336. The van der Waals surface area contributed by atoms with Crippen LogP contribution in [0.2, 0.25) is 0 Å². The van der Waals surface area contributed by atoms with Crippen molar-refractivity contribution in [2.75, 3.05) is 6.61 Å². The number of aliphatic hydroxyl groups excluding tert-OH is 3. The van der Waals surface area contributed by atoms with Crippen molar-refractivity contribution in [2.24, 2.45) is 5.92 Å². The molecule has 7 nitrogen and oxygen atoms in total. The molecule has 1 aliphatic rings. The summed E-state index contributed by atoms with van der Waals surface area (Å²) in [4.78, 5) is 15.2. The number of aliphatic hydroxyl groups is 3. The van der Waals surface area contributed by atoms with E-state index in [0.717, 1.165) is 0 Å². The summed E-state index contributed by atoms with van der Waals surface area (Å²) in [6, 6.07) is 0. The molecule has 0 amide bonds. The number of hydrogen-bond donors (Lipinski definition) is 4. The zero-order valence-electron chi connectivity index (χ0n) is 9.58. The van der Waals surface area contributed by atoms with Crippen molar-refractivity contribution in [1.29, 1.82) is 0 Å². The average Bonchev–Trinajstić information content (AvgIpc) is 2.49. The number of carbonyl (C=O) groups is 1. The van der Waals surface area contributed by atoms with Crippen LogP contribution < -0.4 is 0 Å². The molecule has 17 heavy (non-hydrogen) atoms. The van der Waals surface area contributed by atoms with Crippen LogP contribution >= 0.6 is 0 Å². The normalized spacial score (nSPS) is 26.4. The van der Waals surface area contributed by atoms with Crippen molar-refractivity contribution in [1.82, 2.24) is 0 Å². The van der Waals surface area contributed by atoms with Gasteiger partial charge in [-0.1, -0.05) is 13.8 Å². The molecule has 0 saturated carbocycles. The van der Waals surface area contributed by atoms with Crippen LogP contribution in [0.1, 0.15) is 20.3 Å². The van der Waals surface area contributed by atoms with Crippen LogP contribution in [0, 0.1) is 5.92 Å². The second-order valence-electron chi connectivity index (χ2n) is 4.34. The Hall–Kier alpha value is -1.31. The van der Waals surface area contributed by atoms with Crippen LogP contribution in [-0.2, 0) is 14.4 Å². The van der Waals surface area contributed by atoms with Gasteiger partial charge in [-0.3, -0.25) is 0 Å². The lowest BCUT2D eigenvalue weighted by Gasteiger charge is -2.33. The Morgan fingerprint density at radius 1 is 1.47 bits per heavy atom. The first-order chi connectivity index (χ1) is 7.89. The summed E-state index contributed by atoms with van der Waals surface area (Å²) in [5.74, 6) is -2.62. The van der Waals surface area contributed by atoms with Crippen LogP contribution in [0.15, 0.2) is 11.5 Å². The van der Waals surface area contributed by atoms with E-state index in [1.54, 1.807) is 13.8 Å². The summed E-state index contributed by atoms with van der Waals surface area (Å²) in [6.07, 6.45) is -1.42. The van der Waals surface area contributed by atoms with E-state index < -0.39 is 35.8 Å². The monoisotopic (exact) mass is 248 g/mol. The largest absolute Gasteiger partial charge is 0.499 e. The van der Waals surface area contributed by atoms with E-state index in [0.29, 0.717) is 0 Å². The van der Waals surface area contributed by atoms with Crippen LogP contribution in [0.4, 0.5) is 0 Å². The first kappa shape index (κ1) is 13.8. The van der Waals surface area contributed by atoms with E-state index in [1.165, 1.54) is 0 Å². The average molecular weight is 248 g/mol. The minimum absolute atomic E-state index is 0.0416. The fraction of sp³-hybridized carbons (Fsp3) is 0.700. The first-order valence-corrected chi connectivity index (χ1v) is 5.16. The number of carbonyl (C=O) groups excluding carboxylic acids is 1. The van der Waals surface area contributed by atoms with E-state index in [-0.39, 0.29) is 12.3 Å². The molecular weight excluding hydrogens is 232 g/mol. The van der Waals surface area contributed by atoms with Crippen LogP contribution in [0.25, 0.3) is 0 Å². The Morgan fingerprint density at radius 2 is 2.06 bits per heavy atom. The summed E-state index contributed by atoms with van der Waals surface area (Å²) in [5, 5.41) is 36.8. The fourth-order valence-corrected chi connectivity index (χ4v) is 1.92. The SMILES string of the molecule is CC(C)C[C@]1([C@@H](O)CO)OC(=O)C(O)=C1OO. The quantitative estimate of drug-likeness (QED) is 0.306. The summed E-state index contributed by atoms with van der Waals surface area (Å²) in [7, 11) is 0. The van der Waals surface area contributed by atoms with E-state index in [9.17, 15) is 15.0 Å². The van der Waals surface area contributed by atoms with Crippen molar-refractivity contribution in [3.8, 4) is 0 Å². The lowest BCUT2D eigenvalue weighted by molar-refractivity contribution is -0.241. The van der Waals surface area contributed by atoms with Gasteiger partial charge in [-0.05, 0) is 12.3 Å². The van der Waals surface area contributed by atoms with Gasteiger partial charge in [0, 0.05) is 0 Å². The highest BCUT2D eigenvalue weighted by Crippen LogP contribution is 2.40. The summed E-state index contributed by atoms with van der Waals surface area (Å²) in [6.45, 7) is 2.86. The van der Waals surface area contributed by atoms with Crippen LogP contribution in [0.3, 0.4) is 0 Å². The molecule has 0 bridgehead atoms. The number of esters is 1. The second-order valence-corrected chi connectivity index (χ2v) is 4.34. The predicted octanol–water partition coefficient (Wildman–Crippen LogP) is -0.0595. The van der Waals surface area contributed by atoms with Crippen molar-refractivity contribution in [2.45, 2.75) is 32.0 Å². The topological polar surface area (TPSA) is 116 Å². The van der Waals surface area contributed by atoms with Gasteiger partial charge in [0.1, 0.15) is 6.10 Å². The third-order valence-electron chi connectivity index (χ3n) is 2.58. The Balaban J connectivity index is 3.20. The highest BCUT2D eigenvalue weighted by atomic mass is 17.1. The van der Waals surface area contributed by atoms with E-state index in [2.05, 4.69) is 4.89 Å². The lowest BCUT2D eigenvalue weighted by Crippen LogP contribution is -2.48. The molecule has 1 aliphatic heterocycles. The molecule has 0 spiro atoms. The zero-order valence-corrected chi connectivity index (χ0v) is 9.58. The maximum absolute atomic E-state index is 11.2. The van der Waals surface area contributed by atoms with Gasteiger partial charge in [-0.2, -0.15) is 0 Å². The molecule has 0 fully saturated rings. The van der Waals surface area contributed by atoms with Crippen molar-refractivity contribution in [3.05, 3.63) is 11.5 Å². The van der Waals surface area contributed by atoms with Gasteiger partial charge in [0.05, 0.1) is 6.61 Å². The van der Waals surface area contributed by atoms with Gasteiger partial charge in [0.2, 0.25) is 17.1 Å². The van der Waals surface area contributed by atoms with Crippen molar-refractivity contribution < 1.29 is 35.0 Å². The number of cyclic esters (lactones) is 1. The summed E-state index contributed by atoms with van der Waals surface area (Å²) < 4.78 is 4.87. The third-order valence-corrected chi connectivity index (χ3v) is 2.58. The first-order valence-electron chi connectivity index (χ1n) is 5.16. The van der Waals surface area contributed by atoms with Gasteiger partial charge in [-0.15, -0.1) is 0 Å². The molecule has 0 unspecified atom stereocenters. The molecule has 1 heterocycles. The molecule has 1 rings (SSSR count). The zero-order chi connectivity index (χ0) is 13.2. The second kappa shape index (κ2) is 4.91. The molecule has 0 aromatic carbocycles. The van der Waals surface area contributed by atoms with Crippen LogP contribution in [-0.4, -0.2) is 44.9 Å². The number of rotatable bonds is 5. The van der Waals surface area contributed by atoms with Gasteiger partial charge < -0.3 is 24.9 Å². The van der Waals surface area contributed by atoms with Crippen LogP contribution in [0.5, 0.6) is 0 Å². The molecule has 7 heteroatoms. The molecule has 4 N–H and O–H groups in total. The van der Waals surface area contributed by atoms with Crippen molar-refractivity contribution in [3.63, 3.8) is 0 Å². The molecule has 0 radical (unpaired) electrons. The Kier molecular flexibility index (Phi) is 3.97. The molecule has 98 valence electrons. The van der Waals surface area contributed by atoms with E-state index >= 15 is 0 Å². The molecule has 0 aromatic heterocycles. The van der Waals surface area contributed by atoms with Gasteiger partial charge in [-0.25, -0.2) is 10.1 Å². The minimum atomic E-state index is -1.75. The highest BCUT2D eigenvalue weighted by Gasteiger charge is 2.55. The fourth-order valence-electron chi connectivity index (χ4n) is 1.92. The smallest absolute Gasteiger partial charge is 0.378 e. The number of hydrogen-bond acceptors (Lipinski definition) is 7. The molecule has 0 saturated heterocycles. The predicted molar refractivity (Wildman–Crippen MR) is 54.7 cm³/mol. The third kappa shape index (κ3) is 2.21. The van der Waals surface area contributed by atoms with E-state index in [4.69, 9.17) is 15.1 Å². The lowest BCUT2D eigenvalue weighted by atomic mass is 9.86. The molecule has 2 atom stereocenters. The van der Waals surface area contributed by atoms with E-state index in [1.807, 2.05) is 0 Å². The Labute approximate surface area is 97.8 Å². The maximum atomic E-state index is 11.2. The van der Waals surface area contributed by atoms with Crippen molar-refractivity contribution >= 4 is 5.97 Å². The summed E-state index contributed by atoms with van der Waals surface area (Å²) in [5.41, 5.74) is -1.75. The Morgan fingerprint density at radius 3 is 2.47 bits per heavy atom. The standard InChI is InChI=1S/C10H16O7/c1-5(2)3-10(6(12)4-11)8(17-15)7(13)9(14)16-10/h5-6,11-13,15H,3-4H2,1-2H3/t6-,10+/m0/s1. The van der Waals surface area contributed by atoms with Gasteiger partial charge in [0.25, 0.3) is 0 Å².